The van der Waals surface area contributed by atoms with E-state index < -0.39 is 6.09 Å². The van der Waals surface area contributed by atoms with E-state index in [1.54, 1.807) is 13.1 Å². The molecule has 3 N–H and O–H groups in total. The lowest BCUT2D eigenvalue weighted by Gasteiger charge is -2.37. The van der Waals surface area contributed by atoms with Crippen LogP contribution in [0.15, 0.2) is 6.07 Å². The smallest absolute Gasteiger partial charge is 0.404 e. The third-order valence-corrected chi connectivity index (χ3v) is 3.41. The van der Waals surface area contributed by atoms with E-state index in [1.807, 2.05) is 4.90 Å². The van der Waals surface area contributed by atoms with E-state index >= 15 is 0 Å². The molecule has 1 aliphatic rings. The van der Waals surface area contributed by atoms with Gasteiger partial charge in [0.1, 0.15) is 11.0 Å². The molecule has 20 heavy (non-hydrogen) atoms. The predicted octanol–water partition coefficient (Wildman–Crippen LogP) is 1.65. The number of rotatable bonds is 3. The maximum absolute atomic E-state index is 10.8. The summed E-state index contributed by atoms with van der Waals surface area (Å²) in [6, 6.07) is 1.58. The first-order valence-corrected chi connectivity index (χ1v) is 6.82. The number of hydrogen-bond acceptors (Lipinski definition) is 5. The first-order chi connectivity index (χ1) is 9.47. The van der Waals surface area contributed by atoms with Gasteiger partial charge in [0, 0.05) is 26.2 Å². The quantitative estimate of drug-likeness (QED) is 0.735. The Labute approximate surface area is 122 Å². The summed E-state index contributed by atoms with van der Waals surface area (Å²) in [6.07, 6.45) is -0.179. The van der Waals surface area contributed by atoms with Gasteiger partial charge in [-0.2, -0.15) is 4.98 Å². The standard InChI is InChI=1S/C12H18ClN5O2/c1-7-3-8(15-12(19)20)6-18(5-7)10-4-9(13)16-11(14-2)17-10/h4,7-8,15H,3,5-6H2,1-2H3,(H,19,20)(H,14,16,17)/t7-,8-/m1/s1. The second kappa shape index (κ2) is 6.13. The molecule has 1 aromatic heterocycles. The lowest BCUT2D eigenvalue weighted by Crippen LogP contribution is -2.50. The number of carbonyl (C=O) groups is 1. The Hall–Kier alpha value is -1.76. The van der Waals surface area contributed by atoms with E-state index in [4.69, 9.17) is 16.7 Å². The van der Waals surface area contributed by atoms with Crippen LogP contribution in [0.2, 0.25) is 5.15 Å². The summed E-state index contributed by atoms with van der Waals surface area (Å²) in [6.45, 7) is 3.48. The van der Waals surface area contributed by atoms with Crippen LogP contribution < -0.4 is 15.5 Å². The molecule has 0 spiro atoms. The zero-order valence-corrected chi connectivity index (χ0v) is 12.2. The molecule has 7 nitrogen and oxygen atoms in total. The van der Waals surface area contributed by atoms with Crippen molar-refractivity contribution in [2.75, 3.05) is 30.4 Å². The van der Waals surface area contributed by atoms with Crippen molar-refractivity contribution in [2.45, 2.75) is 19.4 Å². The van der Waals surface area contributed by atoms with Crippen LogP contribution in [0.5, 0.6) is 0 Å². The van der Waals surface area contributed by atoms with Crippen molar-refractivity contribution >= 4 is 29.5 Å². The number of nitrogens with one attached hydrogen (secondary N) is 2. The van der Waals surface area contributed by atoms with Crippen LogP contribution in [0.25, 0.3) is 0 Å². The van der Waals surface area contributed by atoms with Gasteiger partial charge >= 0.3 is 6.09 Å². The summed E-state index contributed by atoms with van der Waals surface area (Å²) in [4.78, 5) is 21.2. The van der Waals surface area contributed by atoms with E-state index in [1.165, 1.54) is 0 Å². The molecule has 2 rings (SSSR count). The average Bonchev–Trinajstić information content (AvgIpc) is 2.36. The minimum atomic E-state index is -0.999. The number of aromatic nitrogens is 2. The van der Waals surface area contributed by atoms with Crippen molar-refractivity contribution in [1.82, 2.24) is 15.3 Å². The Bertz CT molecular complexity index is 499. The molecule has 0 aromatic carbocycles. The SMILES string of the molecule is CNc1nc(Cl)cc(N2C[C@H](C)C[C@@H](NC(=O)O)C2)n1. The Kier molecular flexibility index (Phi) is 4.49. The van der Waals surface area contributed by atoms with Gasteiger partial charge in [0.25, 0.3) is 0 Å². The highest BCUT2D eigenvalue weighted by Gasteiger charge is 2.27. The van der Waals surface area contributed by atoms with Gasteiger partial charge in [-0.3, -0.25) is 0 Å². The second-order valence-corrected chi connectivity index (χ2v) is 5.40. The van der Waals surface area contributed by atoms with E-state index in [2.05, 4.69) is 27.5 Å². The summed E-state index contributed by atoms with van der Waals surface area (Å²) in [5.74, 6) is 1.53. The number of anilines is 2. The maximum atomic E-state index is 10.8. The lowest BCUT2D eigenvalue weighted by molar-refractivity contribution is 0.186. The summed E-state index contributed by atoms with van der Waals surface area (Å²) in [5, 5.41) is 14.6. The highest BCUT2D eigenvalue weighted by Crippen LogP contribution is 2.24. The zero-order chi connectivity index (χ0) is 14.7. The Morgan fingerprint density at radius 1 is 1.50 bits per heavy atom. The van der Waals surface area contributed by atoms with Crippen LogP contribution in [0.3, 0.4) is 0 Å². The molecule has 0 bridgehead atoms. The number of amides is 1. The van der Waals surface area contributed by atoms with E-state index in [9.17, 15) is 4.79 Å². The maximum Gasteiger partial charge on any atom is 0.404 e. The van der Waals surface area contributed by atoms with E-state index in [0.29, 0.717) is 29.4 Å². The predicted molar refractivity (Wildman–Crippen MR) is 77.5 cm³/mol. The van der Waals surface area contributed by atoms with Crippen molar-refractivity contribution in [1.29, 1.82) is 0 Å². The molecule has 0 radical (unpaired) electrons. The summed E-state index contributed by atoms with van der Waals surface area (Å²) < 4.78 is 0. The minimum absolute atomic E-state index is 0.108. The molecule has 0 saturated carbocycles. The topological polar surface area (TPSA) is 90.4 Å². The largest absolute Gasteiger partial charge is 0.465 e. The summed E-state index contributed by atoms with van der Waals surface area (Å²) >= 11 is 5.98. The lowest BCUT2D eigenvalue weighted by atomic mass is 9.96. The molecular formula is C12H18ClN5O2. The Morgan fingerprint density at radius 3 is 2.90 bits per heavy atom. The first-order valence-electron chi connectivity index (χ1n) is 6.44. The van der Waals surface area contributed by atoms with Gasteiger partial charge in [-0.25, -0.2) is 9.78 Å². The molecule has 8 heteroatoms. The number of hydrogen-bond donors (Lipinski definition) is 3. The van der Waals surface area contributed by atoms with Gasteiger partial charge in [0.05, 0.1) is 6.04 Å². The van der Waals surface area contributed by atoms with Crippen LogP contribution in [0.1, 0.15) is 13.3 Å². The number of piperidine rings is 1. The monoisotopic (exact) mass is 299 g/mol. The number of carboxylic acid groups (broad SMARTS) is 1. The third kappa shape index (κ3) is 3.63. The fourth-order valence-corrected chi connectivity index (χ4v) is 2.68. The van der Waals surface area contributed by atoms with Crippen molar-refractivity contribution in [3.8, 4) is 0 Å². The molecule has 1 amide bonds. The van der Waals surface area contributed by atoms with Crippen molar-refractivity contribution in [3.63, 3.8) is 0 Å². The average molecular weight is 300 g/mol. The third-order valence-electron chi connectivity index (χ3n) is 3.22. The molecule has 2 atom stereocenters. The van der Waals surface area contributed by atoms with Crippen LogP contribution >= 0.6 is 11.6 Å². The summed E-state index contributed by atoms with van der Waals surface area (Å²) in [5.41, 5.74) is 0. The normalized spacial score (nSPS) is 22.4. The molecule has 0 aliphatic carbocycles. The zero-order valence-electron chi connectivity index (χ0n) is 11.4. The van der Waals surface area contributed by atoms with Gasteiger partial charge in [-0.1, -0.05) is 18.5 Å². The molecule has 110 valence electrons. The molecule has 1 fully saturated rings. The van der Waals surface area contributed by atoms with E-state index in [-0.39, 0.29) is 6.04 Å². The Balaban J connectivity index is 2.18. The van der Waals surface area contributed by atoms with E-state index in [0.717, 1.165) is 13.0 Å². The van der Waals surface area contributed by atoms with Crippen LogP contribution in [-0.4, -0.2) is 47.3 Å². The molecule has 1 aliphatic heterocycles. The number of nitrogens with zero attached hydrogens (tertiary/aromatic N) is 3. The van der Waals surface area contributed by atoms with Gasteiger partial charge in [-0.05, 0) is 12.3 Å². The highest BCUT2D eigenvalue weighted by molar-refractivity contribution is 6.29. The van der Waals surface area contributed by atoms with Crippen LogP contribution in [0.4, 0.5) is 16.6 Å². The molecule has 2 heterocycles. The van der Waals surface area contributed by atoms with Crippen molar-refractivity contribution < 1.29 is 9.90 Å². The highest BCUT2D eigenvalue weighted by atomic mass is 35.5. The fourth-order valence-electron chi connectivity index (χ4n) is 2.50. The first kappa shape index (κ1) is 14.6. The van der Waals surface area contributed by atoms with Crippen LogP contribution in [0, 0.1) is 5.92 Å². The molecule has 1 aromatic rings. The Morgan fingerprint density at radius 2 is 2.25 bits per heavy atom. The van der Waals surface area contributed by atoms with Gasteiger partial charge in [0.15, 0.2) is 0 Å². The van der Waals surface area contributed by atoms with Crippen LogP contribution in [-0.2, 0) is 0 Å². The van der Waals surface area contributed by atoms with Gasteiger partial charge in [0.2, 0.25) is 5.95 Å². The molecular weight excluding hydrogens is 282 g/mol. The number of halogens is 1. The second-order valence-electron chi connectivity index (χ2n) is 5.01. The molecule has 1 saturated heterocycles. The van der Waals surface area contributed by atoms with Crippen molar-refractivity contribution in [2.24, 2.45) is 5.92 Å². The van der Waals surface area contributed by atoms with Gasteiger partial charge in [-0.15, -0.1) is 0 Å². The molecule has 0 unspecified atom stereocenters. The summed E-state index contributed by atoms with van der Waals surface area (Å²) in [7, 11) is 1.73. The fraction of sp³-hybridized carbons (Fsp3) is 0.583. The minimum Gasteiger partial charge on any atom is -0.465 e. The van der Waals surface area contributed by atoms with Crippen molar-refractivity contribution in [3.05, 3.63) is 11.2 Å². The van der Waals surface area contributed by atoms with Gasteiger partial charge < -0.3 is 20.6 Å².